The molecule has 0 saturated carbocycles. The molecule has 3 aromatic heterocycles. The number of hydrogen-bond donors (Lipinski definition) is 1. The van der Waals surface area contributed by atoms with Crippen molar-refractivity contribution in [1.29, 1.82) is 0 Å². The van der Waals surface area contributed by atoms with Gasteiger partial charge in [-0.3, -0.25) is 4.90 Å². The summed E-state index contributed by atoms with van der Waals surface area (Å²) in [7, 11) is 3.89. The first-order chi connectivity index (χ1) is 13.0. The zero-order valence-corrected chi connectivity index (χ0v) is 16.1. The van der Waals surface area contributed by atoms with Gasteiger partial charge in [-0.05, 0) is 26.3 Å². The van der Waals surface area contributed by atoms with E-state index < -0.39 is 0 Å². The Balaban J connectivity index is 1.49. The number of likely N-dealkylation sites (tertiary alicyclic amines) is 1. The molecule has 1 saturated heterocycles. The SMILES string of the molecule is Cc1cc2nc([C@H]3CCCN(Cc4cnc(N(C)C)nc4)C3)cc(N)n2n1. The van der Waals surface area contributed by atoms with Gasteiger partial charge in [-0.15, -0.1) is 0 Å². The second-order valence-electron chi connectivity index (χ2n) is 7.52. The number of piperidine rings is 1. The Morgan fingerprint density at radius 3 is 2.74 bits per heavy atom. The molecule has 0 radical (unpaired) electrons. The molecule has 0 aliphatic carbocycles. The molecule has 142 valence electrons. The zero-order valence-electron chi connectivity index (χ0n) is 16.1. The van der Waals surface area contributed by atoms with Gasteiger partial charge in [0.05, 0.1) is 11.4 Å². The second kappa shape index (κ2) is 7.11. The van der Waals surface area contributed by atoms with Crippen molar-refractivity contribution in [3.63, 3.8) is 0 Å². The topological polar surface area (TPSA) is 88.5 Å². The predicted molar refractivity (Wildman–Crippen MR) is 106 cm³/mol. The summed E-state index contributed by atoms with van der Waals surface area (Å²) in [4.78, 5) is 18.0. The highest BCUT2D eigenvalue weighted by Gasteiger charge is 2.23. The van der Waals surface area contributed by atoms with E-state index in [1.165, 1.54) is 0 Å². The molecule has 27 heavy (non-hydrogen) atoms. The molecule has 0 unspecified atom stereocenters. The van der Waals surface area contributed by atoms with Crippen molar-refractivity contribution in [2.75, 3.05) is 37.8 Å². The molecule has 2 N–H and O–H groups in total. The number of aryl methyl sites for hydroxylation is 1. The van der Waals surface area contributed by atoms with Gasteiger partial charge in [-0.1, -0.05) is 0 Å². The summed E-state index contributed by atoms with van der Waals surface area (Å²) in [6, 6.07) is 3.95. The van der Waals surface area contributed by atoms with Crippen molar-refractivity contribution in [3.8, 4) is 0 Å². The summed E-state index contributed by atoms with van der Waals surface area (Å²) in [5.41, 5.74) is 10.1. The molecular formula is C19H26N8. The van der Waals surface area contributed by atoms with Gasteiger partial charge < -0.3 is 10.6 Å². The zero-order chi connectivity index (χ0) is 19.0. The third kappa shape index (κ3) is 3.71. The van der Waals surface area contributed by atoms with Gasteiger partial charge in [0.15, 0.2) is 5.65 Å². The fourth-order valence-corrected chi connectivity index (χ4v) is 3.70. The van der Waals surface area contributed by atoms with E-state index in [9.17, 15) is 0 Å². The quantitative estimate of drug-likeness (QED) is 0.754. The van der Waals surface area contributed by atoms with Crippen molar-refractivity contribution in [1.82, 2.24) is 29.5 Å². The smallest absolute Gasteiger partial charge is 0.224 e. The van der Waals surface area contributed by atoms with E-state index in [4.69, 9.17) is 10.7 Å². The van der Waals surface area contributed by atoms with Crippen molar-refractivity contribution in [3.05, 3.63) is 41.5 Å². The highest BCUT2D eigenvalue weighted by atomic mass is 15.3. The van der Waals surface area contributed by atoms with E-state index in [1.807, 2.05) is 50.4 Å². The molecule has 4 heterocycles. The molecule has 1 aliphatic heterocycles. The summed E-state index contributed by atoms with van der Waals surface area (Å²) in [5.74, 6) is 1.76. The van der Waals surface area contributed by atoms with Crippen LogP contribution in [-0.4, -0.2) is 56.7 Å². The Kier molecular flexibility index (Phi) is 4.65. The number of rotatable bonds is 4. The van der Waals surface area contributed by atoms with E-state index in [1.54, 1.807) is 4.52 Å². The van der Waals surface area contributed by atoms with Gasteiger partial charge in [0.1, 0.15) is 5.82 Å². The molecule has 1 aliphatic rings. The van der Waals surface area contributed by atoms with Crippen LogP contribution in [0.5, 0.6) is 0 Å². The summed E-state index contributed by atoms with van der Waals surface area (Å²) < 4.78 is 1.71. The minimum absolute atomic E-state index is 0.378. The molecule has 8 nitrogen and oxygen atoms in total. The Bertz CT molecular complexity index is 931. The average Bonchev–Trinajstić information content (AvgIpc) is 3.03. The van der Waals surface area contributed by atoms with E-state index >= 15 is 0 Å². The Hall–Kier alpha value is -2.74. The van der Waals surface area contributed by atoms with Gasteiger partial charge >= 0.3 is 0 Å². The highest BCUT2D eigenvalue weighted by molar-refractivity contribution is 5.48. The Morgan fingerprint density at radius 1 is 1.22 bits per heavy atom. The van der Waals surface area contributed by atoms with Crippen molar-refractivity contribution in [2.45, 2.75) is 32.2 Å². The maximum Gasteiger partial charge on any atom is 0.224 e. The van der Waals surface area contributed by atoms with Crippen LogP contribution in [0.4, 0.5) is 11.8 Å². The minimum Gasteiger partial charge on any atom is -0.384 e. The molecular weight excluding hydrogens is 340 g/mol. The van der Waals surface area contributed by atoms with Crippen LogP contribution in [0, 0.1) is 6.92 Å². The van der Waals surface area contributed by atoms with Crippen LogP contribution < -0.4 is 10.6 Å². The van der Waals surface area contributed by atoms with Crippen molar-refractivity contribution in [2.24, 2.45) is 0 Å². The summed E-state index contributed by atoms with van der Waals surface area (Å²) in [5, 5.41) is 4.39. The van der Waals surface area contributed by atoms with Gasteiger partial charge in [-0.2, -0.15) is 9.61 Å². The monoisotopic (exact) mass is 366 g/mol. The van der Waals surface area contributed by atoms with Crippen LogP contribution in [-0.2, 0) is 6.54 Å². The van der Waals surface area contributed by atoms with E-state index in [2.05, 4.69) is 20.0 Å². The van der Waals surface area contributed by atoms with Crippen LogP contribution in [0.1, 0.15) is 35.7 Å². The average molecular weight is 366 g/mol. The largest absolute Gasteiger partial charge is 0.384 e. The van der Waals surface area contributed by atoms with E-state index in [0.29, 0.717) is 11.7 Å². The first-order valence-corrected chi connectivity index (χ1v) is 9.33. The van der Waals surface area contributed by atoms with Gasteiger partial charge in [-0.25, -0.2) is 15.0 Å². The third-order valence-electron chi connectivity index (χ3n) is 5.02. The van der Waals surface area contributed by atoms with Crippen LogP contribution in [0.2, 0.25) is 0 Å². The van der Waals surface area contributed by atoms with Crippen LogP contribution >= 0.6 is 0 Å². The van der Waals surface area contributed by atoms with Gasteiger partial charge in [0, 0.05) is 63.2 Å². The normalized spacial score (nSPS) is 18.1. The maximum atomic E-state index is 6.20. The second-order valence-corrected chi connectivity index (χ2v) is 7.52. The lowest BCUT2D eigenvalue weighted by Crippen LogP contribution is -2.34. The minimum atomic E-state index is 0.378. The van der Waals surface area contributed by atoms with Gasteiger partial charge in [0.25, 0.3) is 0 Å². The van der Waals surface area contributed by atoms with Crippen LogP contribution in [0.3, 0.4) is 0 Å². The lowest BCUT2D eigenvalue weighted by Gasteiger charge is -2.32. The molecule has 0 bridgehead atoms. The summed E-state index contributed by atoms with van der Waals surface area (Å²) in [6.07, 6.45) is 6.11. The maximum absolute atomic E-state index is 6.20. The molecule has 0 spiro atoms. The molecule has 8 heteroatoms. The number of nitrogens with two attached hydrogens (primary N) is 1. The number of fused-ring (bicyclic) bond motifs is 1. The highest BCUT2D eigenvalue weighted by Crippen LogP contribution is 2.28. The van der Waals surface area contributed by atoms with Crippen LogP contribution in [0.25, 0.3) is 5.65 Å². The lowest BCUT2D eigenvalue weighted by molar-refractivity contribution is 0.198. The fraction of sp³-hybridized carbons (Fsp3) is 0.474. The van der Waals surface area contributed by atoms with Crippen molar-refractivity contribution >= 4 is 17.4 Å². The number of nitrogens with zero attached hydrogens (tertiary/aromatic N) is 7. The van der Waals surface area contributed by atoms with Gasteiger partial charge in [0.2, 0.25) is 5.95 Å². The van der Waals surface area contributed by atoms with E-state index in [-0.39, 0.29) is 0 Å². The molecule has 0 aromatic carbocycles. The molecule has 0 amide bonds. The third-order valence-corrected chi connectivity index (χ3v) is 5.02. The van der Waals surface area contributed by atoms with Crippen molar-refractivity contribution < 1.29 is 0 Å². The number of anilines is 2. The van der Waals surface area contributed by atoms with Crippen LogP contribution in [0.15, 0.2) is 24.5 Å². The number of aromatic nitrogens is 5. The molecule has 3 aromatic rings. The Morgan fingerprint density at radius 2 is 2.00 bits per heavy atom. The molecule has 1 fully saturated rings. The number of nitrogen functional groups attached to an aromatic ring is 1. The standard InChI is InChI=1S/C19H26N8/c1-13-7-18-23-16(8-17(20)27(18)24-13)15-5-4-6-26(12-15)11-14-9-21-19(22-10-14)25(2)3/h7-10,15H,4-6,11-12,20H2,1-3H3/t15-/m0/s1. The first kappa shape index (κ1) is 17.7. The predicted octanol–water partition coefficient (Wildman–Crippen LogP) is 1.86. The number of hydrogen-bond acceptors (Lipinski definition) is 7. The Labute approximate surface area is 159 Å². The first-order valence-electron chi connectivity index (χ1n) is 9.33. The molecule has 1 atom stereocenters. The summed E-state index contributed by atoms with van der Waals surface area (Å²) in [6.45, 7) is 4.86. The van der Waals surface area contributed by atoms with E-state index in [0.717, 1.165) is 61.0 Å². The molecule has 4 rings (SSSR count). The fourth-order valence-electron chi connectivity index (χ4n) is 3.70. The lowest BCUT2D eigenvalue weighted by atomic mass is 9.94. The summed E-state index contributed by atoms with van der Waals surface area (Å²) >= 11 is 0.